The molecule has 1 aromatic heterocycles. The lowest BCUT2D eigenvalue weighted by Gasteiger charge is -2.06. The smallest absolute Gasteiger partial charge is 0.252 e. The second-order valence-electron chi connectivity index (χ2n) is 3.68. The third-order valence-corrected chi connectivity index (χ3v) is 3.28. The van der Waals surface area contributed by atoms with Gasteiger partial charge in [-0.05, 0) is 12.5 Å². The quantitative estimate of drug-likeness (QED) is 0.315. The van der Waals surface area contributed by atoms with Gasteiger partial charge >= 0.3 is 0 Å². The van der Waals surface area contributed by atoms with Gasteiger partial charge in [0.25, 0.3) is 5.91 Å². The van der Waals surface area contributed by atoms with Gasteiger partial charge in [-0.25, -0.2) is 24.4 Å². The number of anilines is 1. The first-order chi connectivity index (χ1) is 8.83. The number of aromatic nitrogens is 1. The van der Waals surface area contributed by atoms with Gasteiger partial charge in [0.2, 0.25) is 10.0 Å². The second kappa shape index (κ2) is 6.66. The Balaban J connectivity index is 2.52. The van der Waals surface area contributed by atoms with Gasteiger partial charge in [-0.2, -0.15) is 0 Å². The predicted octanol–water partition coefficient (Wildman–Crippen LogP) is -0.571. The monoisotopic (exact) mass is 307 g/mol. The number of carbonyl (C=O) groups is 1. The van der Waals surface area contributed by atoms with E-state index < -0.39 is 15.9 Å². The van der Waals surface area contributed by atoms with E-state index in [9.17, 15) is 13.2 Å². The van der Waals surface area contributed by atoms with Crippen LogP contribution in [0.3, 0.4) is 0 Å². The molecule has 0 aliphatic rings. The zero-order valence-electron chi connectivity index (χ0n) is 9.89. The molecule has 0 saturated carbocycles. The first kappa shape index (κ1) is 15.6. The maximum atomic E-state index is 11.7. The second-order valence-corrected chi connectivity index (χ2v) is 5.82. The number of nitrogen functional groups attached to an aromatic ring is 1. The first-order valence-corrected chi connectivity index (χ1v) is 7.33. The summed E-state index contributed by atoms with van der Waals surface area (Å²) in [6, 6.07) is 1.40. The first-order valence-electron chi connectivity index (χ1n) is 5.24. The lowest BCUT2D eigenvalue weighted by atomic mass is 10.2. The number of rotatable bonds is 6. The average molecular weight is 308 g/mol. The Bertz CT molecular complexity index is 563. The lowest BCUT2D eigenvalue weighted by molar-refractivity contribution is 0.0953. The summed E-state index contributed by atoms with van der Waals surface area (Å²) in [5, 5.41) is 7.56. The van der Waals surface area contributed by atoms with Crippen LogP contribution in [-0.2, 0) is 10.0 Å². The fourth-order valence-electron chi connectivity index (χ4n) is 1.25. The minimum atomic E-state index is -3.51. The Morgan fingerprint density at radius 3 is 2.68 bits per heavy atom. The SMILES string of the molecule is NNc1ncc(C(=O)NCCCS(N)(=O)=O)cc1Cl. The van der Waals surface area contributed by atoms with Crippen molar-refractivity contribution in [2.75, 3.05) is 17.7 Å². The Morgan fingerprint density at radius 2 is 2.16 bits per heavy atom. The number of carbonyl (C=O) groups excluding carboxylic acids is 1. The minimum absolute atomic E-state index is 0.184. The van der Waals surface area contributed by atoms with Gasteiger partial charge < -0.3 is 10.7 Å². The highest BCUT2D eigenvalue weighted by Gasteiger charge is 2.09. The summed E-state index contributed by atoms with van der Waals surface area (Å²) in [5.41, 5.74) is 2.52. The summed E-state index contributed by atoms with van der Waals surface area (Å²) < 4.78 is 21.4. The summed E-state index contributed by atoms with van der Waals surface area (Å²) in [6.45, 7) is 0.184. The van der Waals surface area contributed by atoms with Crippen molar-refractivity contribution < 1.29 is 13.2 Å². The predicted molar refractivity (Wildman–Crippen MR) is 72.0 cm³/mol. The number of hydrogen-bond acceptors (Lipinski definition) is 6. The van der Waals surface area contributed by atoms with Gasteiger partial charge in [0.1, 0.15) is 0 Å². The Kier molecular flexibility index (Phi) is 5.48. The number of halogens is 1. The molecule has 0 aliphatic heterocycles. The van der Waals surface area contributed by atoms with Crippen LogP contribution >= 0.6 is 11.6 Å². The van der Waals surface area contributed by atoms with E-state index in [0.717, 1.165) is 0 Å². The van der Waals surface area contributed by atoms with Crippen LogP contribution in [0.4, 0.5) is 5.82 Å². The number of nitrogens with two attached hydrogens (primary N) is 2. The van der Waals surface area contributed by atoms with Gasteiger partial charge in [0.05, 0.1) is 16.3 Å². The number of hydrazine groups is 1. The Morgan fingerprint density at radius 1 is 1.47 bits per heavy atom. The topological polar surface area (TPSA) is 140 Å². The van der Waals surface area contributed by atoms with E-state index in [-0.39, 0.29) is 35.1 Å². The molecule has 106 valence electrons. The maximum absolute atomic E-state index is 11.7. The van der Waals surface area contributed by atoms with Crippen LogP contribution in [0.25, 0.3) is 0 Å². The summed E-state index contributed by atoms with van der Waals surface area (Å²) >= 11 is 5.81. The standard InChI is InChI=1S/C9H14ClN5O3S/c10-7-4-6(5-14-8(7)15-11)9(16)13-2-1-3-19(12,17)18/h4-5H,1-3,11H2,(H,13,16)(H,14,15)(H2,12,17,18). The molecule has 0 bridgehead atoms. The number of sulfonamides is 1. The van der Waals surface area contributed by atoms with Crippen molar-refractivity contribution in [3.05, 3.63) is 22.8 Å². The fraction of sp³-hybridized carbons (Fsp3) is 0.333. The molecule has 0 unspecified atom stereocenters. The summed E-state index contributed by atoms with van der Waals surface area (Å²) in [4.78, 5) is 15.5. The van der Waals surface area contributed by atoms with E-state index in [1.165, 1.54) is 12.3 Å². The number of primary sulfonamides is 1. The van der Waals surface area contributed by atoms with Crippen molar-refractivity contribution in [1.82, 2.24) is 10.3 Å². The molecular weight excluding hydrogens is 294 g/mol. The van der Waals surface area contributed by atoms with Gasteiger partial charge in [-0.3, -0.25) is 4.79 Å². The fourth-order valence-corrected chi connectivity index (χ4v) is 2.01. The van der Waals surface area contributed by atoms with Crippen molar-refractivity contribution in [3.63, 3.8) is 0 Å². The van der Waals surface area contributed by atoms with E-state index >= 15 is 0 Å². The molecule has 0 atom stereocenters. The molecule has 0 saturated heterocycles. The molecule has 0 radical (unpaired) electrons. The van der Waals surface area contributed by atoms with E-state index in [1.807, 2.05) is 0 Å². The lowest BCUT2D eigenvalue weighted by Crippen LogP contribution is -2.27. The van der Waals surface area contributed by atoms with Crippen LogP contribution in [-0.4, -0.2) is 31.6 Å². The number of nitrogens with one attached hydrogen (secondary N) is 2. The van der Waals surface area contributed by atoms with E-state index in [4.69, 9.17) is 22.6 Å². The molecule has 0 aromatic carbocycles. The number of pyridine rings is 1. The zero-order chi connectivity index (χ0) is 14.5. The molecule has 19 heavy (non-hydrogen) atoms. The largest absolute Gasteiger partial charge is 0.352 e. The molecule has 8 nitrogen and oxygen atoms in total. The molecule has 1 rings (SSSR count). The van der Waals surface area contributed by atoms with E-state index in [2.05, 4.69) is 15.7 Å². The van der Waals surface area contributed by atoms with Gasteiger partial charge in [-0.1, -0.05) is 11.6 Å². The third kappa shape index (κ3) is 5.39. The number of nitrogens with zero attached hydrogens (tertiary/aromatic N) is 1. The summed E-state index contributed by atoms with van der Waals surface area (Å²) in [5.74, 6) is 4.80. The van der Waals surface area contributed by atoms with Crippen molar-refractivity contribution in [1.29, 1.82) is 0 Å². The zero-order valence-corrected chi connectivity index (χ0v) is 11.5. The van der Waals surface area contributed by atoms with Crippen molar-refractivity contribution >= 4 is 33.3 Å². The highest BCUT2D eigenvalue weighted by Crippen LogP contribution is 2.18. The Labute approximate surface area is 115 Å². The van der Waals surface area contributed by atoms with E-state index in [0.29, 0.717) is 0 Å². The summed E-state index contributed by atoms with van der Waals surface area (Å²) in [7, 11) is -3.51. The normalized spacial score (nSPS) is 11.1. The van der Waals surface area contributed by atoms with Crippen LogP contribution in [0.1, 0.15) is 16.8 Å². The molecule has 1 aromatic rings. The van der Waals surface area contributed by atoms with E-state index in [1.54, 1.807) is 0 Å². The highest BCUT2D eigenvalue weighted by molar-refractivity contribution is 7.89. The average Bonchev–Trinajstić information content (AvgIpc) is 2.33. The third-order valence-electron chi connectivity index (χ3n) is 2.13. The van der Waals surface area contributed by atoms with Crippen LogP contribution < -0.4 is 21.7 Å². The van der Waals surface area contributed by atoms with Gasteiger partial charge in [-0.15, -0.1) is 0 Å². The van der Waals surface area contributed by atoms with Crippen molar-refractivity contribution in [2.45, 2.75) is 6.42 Å². The van der Waals surface area contributed by atoms with Crippen LogP contribution in [0.2, 0.25) is 5.02 Å². The van der Waals surface area contributed by atoms with Crippen LogP contribution in [0.5, 0.6) is 0 Å². The maximum Gasteiger partial charge on any atom is 0.252 e. The molecular formula is C9H14ClN5O3S. The number of amides is 1. The summed E-state index contributed by atoms with van der Waals surface area (Å²) in [6.07, 6.45) is 1.53. The van der Waals surface area contributed by atoms with Crippen molar-refractivity contribution in [2.24, 2.45) is 11.0 Å². The molecule has 10 heteroatoms. The molecule has 0 fully saturated rings. The van der Waals surface area contributed by atoms with Gasteiger partial charge in [0.15, 0.2) is 5.82 Å². The molecule has 1 heterocycles. The number of hydrogen-bond donors (Lipinski definition) is 4. The molecule has 0 aliphatic carbocycles. The highest BCUT2D eigenvalue weighted by atomic mass is 35.5. The Hall–Kier alpha value is -1.42. The minimum Gasteiger partial charge on any atom is -0.352 e. The molecule has 6 N–H and O–H groups in total. The van der Waals surface area contributed by atoms with Crippen LogP contribution in [0, 0.1) is 0 Å². The van der Waals surface area contributed by atoms with Crippen molar-refractivity contribution in [3.8, 4) is 0 Å². The molecule has 1 amide bonds. The van der Waals surface area contributed by atoms with Crippen LogP contribution in [0.15, 0.2) is 12.3 Å². The molecule has 0 spiro atoms. The van der Waals surface area contributed by atoms with Gasteiger partial charge in [0, 0.05) is 12.7 Å².